The van der Waals surface area contributed by atoms with E-state index in [-0.39, 0.29) is 0 Å². The molecule has 0 aliphatic heterocycles. The highest BCUT2D eigenvalue weighted by atomic mass is 32.1. The van der Waals surface area contributed by atoms with Crippen molar-refractivity contribution in [2.45, 2.75) is 33.7 Å². The lowest BCUT2D eigenvalue weighted by Crippen LogP contribution is -2.33. The number of hydrogen-bond donors (Lipinski definition) is 0. The van der Waals surface area contributed by atoms with Crippen molar-refractivity contribution < 1.29 is 9.30 Å². The number of fused-ring (bicyclic) bond motifs is 1. The molecule has 0 radical (unpaired) electrons. The van der Waals surface area contributed by atoms with Crippen molar-refractivity contribution in [3.8, 4) is 0 Å². The molecular weight excluding hydrogens is 242 g/mol. The second-order valence-corrected chi connectivity index (χ2v) is 5.39. The fraction of sp³-hybridized carbons (Fsp3) is 0.400. The van der Waals surface area contributed by atoms with Crippen molar-refractivity contribution in [2.75, 3.05) is 7.11 Å². The molecule has 0 aliphatic carbocycles. The summed E-state index contributed by atoms with van der Waals surface area (Å²) in [4.78, 5) is 0. The summed E-state index contributed by atoms with van der Waals surface area (Å²) in [6.45, 7) is 7.42. The van der Waals surface area contributed by atoms with Gasteiger partial charge in [0.05, 0.1) is 13.2 Å². The normalized spacial score (nSPS) is 12.1. The van der Waals surface area contributed by atoms with E-state index in [4.69, 9.17) is 4.74 Å². The Hall–Kier alpha value is -1.35. The standard InChI is InChI=1S/C15H20NOS/c1-5-12(17-4)10-15-16(6-2)13-9-11(3)7-8-14(13)18-15/h7-10H,5-6H2,1-4H3/q+1. The van der Waals surface area contributed by atoms with E-state index < -0.39 is 0 Å². The van der Waals surface area contributed by atoms with Crippen LogP contribution < -0.4 is 4.57 Å². The topological polar surface area (TPSA) is 13.1 Å². The number of rotatable bonds is 4. The number of thiazole rings is 1. The summed E-state index contributed by atoms with van der Waals surface area (Å²) in [5, 5.41) is 1.26. The van der Waals surface area contributed by atoms with Gasteiger partial charge in [0.15, 0.2) is 0 Å². The summed E-state index contributed by atoms with van der Waals surface area (Å²) in [5.74, 6) is 1.03. The maximum absolute atomic E-state index is 5.38. The molecule has 0 unspecified atom stereocenters. The van der Waals surface area contributed by atoms with Gasteiger partial charge in [-0.25, -0.2) is 0 Å². The fourth-order valence-electron chi connectivity index (χ4n) is 2.09. The van der Waals surface area contributed by atoms with Gasteiger partial charge in [-0.2, -0.15) is 4.57 Å². The van der Waals surface area contributed by atoms with Gasteiger partial charge in [-0.3, -0.25) is 0 Å². The summed E-state index contributed by atoms with van der Waals surface area (Å²) in [5.41, 5.74) is 2.63. The Morgan fingerprint density at radius 2 is 2.17 bits per heavy atom. The molecule has 0 bridgehead atoms. The van der Waals surface area contributed by atoms with E-state index in [1.807, 2.05) is 11.3 Å². The Balaban J connectivity index is 2.60. The molecule has 1 heterocycles. The number of ether oxygens (including phenoxy) is 1. The van der Waals surface area contributed by atoms with Gasteiger partial charge in [-0.15, -0.1) is 0 Å². The van der Waals surface area contributed by atoms with E-state index in [1.165, 1.54) is 20.8 Å². The molecule has 1 aromatic carbocycles. The average molecular weight is 262 g/mol. The fourth-order valence-corrected chi connectivity index (χ4v) is 3.25. The van der Waals surface area contributed by atoms with E-state index in [9.17, 15) is 0 Å². The van der Waals surface area contributed by atoms with Crippen molar-refractivity contribution in [3.63, 3.8) is 0 Å². The first-order chi connectivity index (χ1) is 8.69. The molecule has 0 saturated heterocycles. The number of allylic oxidation sites excluding steroid dienone is 1. The molecule has 0 amide bonds. The minimum absolute atomic E-state index is 0.924. The van der Waals surface area contributed by atoms with Gasteiger partial charge < -0.3 is 4.74 Å². The summed E-state index contributed by atoms with van der Waals surface area (Å²) in [6.07, 6.45) is 3.08. The molecule has 0 atom stereocenters. The SMILES string of the molecule is CCC(=Cc1sc2ccc(C)cc2[n+]1CC)OC. The predicted molar refractivity (Wildman–Crippen MR) is 77.7 cm³/mol. The van der Waals surface area contributed by atoms with E-state index >= 15 is 0 Å². The lowest BCUT2D eigenvalue weighted by molar-refractivity contribution is -0.665. The number of nitrogens with zero attached hydrogens (tertiary/aromatic N) is 1. The molecule has 18 heavy (non-hydrogen) atoms. The molecule has 0 aliphatic rings. The van der Waals surface area contributed by atoms with Crippen LogP contribution in [-0.4, -0.2) is 7.11 Å². The summed E-state index contributed by atoms with van der Waals surface area (Å²) in [6, 6.07) is 6.63. The van der Waals surface area contributed by atoms with Gasteiger partial charge in [0.25, 0.3) is 5.01 Å². The summed E-state index contributed by atoms with van der Waals surface area (Å²) in [7, 11) is 1.74. The zero-order valence-corrected chi connectivity index (χ0v) is 12.3. The average Bonchev–Trinajstić information content (AvgIpc) is 2.72. The number of hydrogen-bond acceptors (Lipinski definition) is 2. The molecule has 0 fully saturated rings. The number of benzene rings is 1. The molecule has 96 valence electrons. The molecule has 0 spiro atoms. The highest BCUT2D eigenvalue weighted by Gasteiger charge is 2.17. The summed E-state index contributed by atoms with van der Waals surface area (Å²) >= 11 is 1.82. The van der Waals surface area contributed by atoms with Gasteiger partial charge in [0.1, 0.15) is 17.0 Å². The van der Waals surface area contributed by atoms with Crippen molar-refractivity contribution in [1.29, 1.82) is 0 Å². The maximum atomic E-state index is 5.38. The van der Waals surface area contributed by atoms with Gasteiger partial charge in [-0.1, -0.05) is 24.3 Å². The van der Waals surface area contributed by atoms with Gasteiger partial charge in [-0.05, 0) is 25.5 Å². The smallest absolute Gasteiger partial charge is 0.266 e. The lowest BCUT2D eigenvalue weighted by Gasteiger charge is -2.00. The Kier molecular flexibility index (Phi) is 4.02. The van der Waals surface area contributed by atoms with Crippen LogP contribution in [0.15, 0.2) is 24.0 Å². The van der Waals surface area contributed by atoms with Crippen LogP contribution in [0.4, 0.5) is 0 Å². The largest absolute Gasteiger partial charge is 0.501 e. The predicted octanol–water partition coefficient (Wildman–Crippen LogP) is 3.91. The zero-order chi connectivity index (χ0) is 13.1. The van der Waals surface area contributed by atoms with Crippen LogP contribution in [0, 0.1) is 6.92 Å². The van der Waals surface area contributed by atoms with Gasteiger partial charge in [0.2, 0.25) is 5.52 Å². The van der Waals surface area contributed by atoms with Crippen LogP contribution in [0.3, 0.4) is 0 Å². The van der Waals surface area contributed by atoms with Gasteiger partial charge in [0, 0.05) is 12.5 Å². The van der Waals surface area contributed by atoms with Crippen LogP contribution >= 0.6 is 11.3 Å². The Bertz CT molecular complexity index is 577. The lowest BCUT2D eigenvalue weighted by atomic mass is 10.2. The third-order valence-corrected chi connectivity index (χ3v) is 4.21. The Morgan fingerprint density at radius 3 is 2.78 bits per heavy atom. The monoisotopic (exact) mass is 262 g/mol. The minimum atomic E-state index is 0.924. The Morgan fingerprint density at radius 1 is 1.39 bits per heavy atom. The van der Waals surface area contributed by atoms with Crippen LogP contribution in [0.5, 0.6) is 0 Å². The summed E-state index contributed by atoms with van der Waals surface area (Å²) < 4.78 is 9.06. The second kappa shape index (κ2) is 5.53. The molecule has 2 nitrogen and oxygen atoms in total. The van der Waals surface area contributed by atoms with Crippen molar-refractivity contribution >= 4 is 27.6 Å². The minimum Gasteiger partial charge on any atom is -0.501 e. The first kappa shape index (κ1) is 13.1. The first-order valence-corrected chi connectivity index (χ1v) is 7.18. The van der Waals surface area contributed by atoms with Crippen LogP contribution in [-0.2, 0) is 11.3 Å². The molecule has 0 N–H and O–H groups in total. The van der Waals surface area contributed by atoms with Crippen molar-refractivity contribution in [2.24, 2.45) is 0 Å². The molecule has 3 heteroatoms. The zero-order valence-electron chi connectivity index (χ0n) is 11.5. The molecule has 2 aromatic rings. The van der Waals surface area contributed by atoms with E-state index in [0.717, 1.165) is 18.7 Å². The maximum Gasteiger partial charge on any atom is 0.266 e. The van der Waals surface area contributed by atoms with E-state index in [1.54, 1.807) is 7.11 Å². The molecule has 2 rings (SSSR count). The molecular formula is C15H20NOS+. The van der Waals surface area contributed by atoms with Crippen LogP contribution in [0.25, 0.3) is 16.3 Å². The number of aryl methyl sites for hydroxylation is 2. The van der Waals surface area contributed by atoms with E-state index in [0.29, 0.717) is 0 Å². The molecule has 0 saturated carbocycles. The third kappa shape index (κ3) is 2.41. The van der Waals surface area contributed by atoms with Gasteiger partial charge >= 0.3 is 0 Å². The number of methoxy groups -OCH3 is 1. The first-order valence-electron chi connectivity index (χ1n) is 6.37. The van der Waals surface area contributed by atoms with Crippen LogP contribution in [0.2, 0.25) is 0 Å². The third-order valence-electron chi connectivity index (χ3n) is 3.10. The quantitative estimate of drug-likeness (QED) is 0.601. The Labute approximate surface area is 113 Å². The highest BCUT2D eigenvalue weighted by molar-refractivity contribution is 7.18. The second-order valence-electron chi connectivity index (χ2n) is 4.32. The van der Waals surface area contributed by atoms with Crippen molar-refractivity contribution in [3.05, 3.63) is 34.5 Å². The number of aromatic nitrogens is 1. The highest BCUT2D eigenvalue weighted by Crippen LogP contribution is 2.23. The molecule has 1 aromatic heterocycles. The van der Waals surface area contributed by atoms with Crippen molar-refractivity contribution in [1.82, 2.24) is 0 Å². The van der Waals surface area contributed by atoms with E-state index in [2.05, 4.69) is 49.6 Å². The van der Waals surface area contributed by atoms with Crippen LogP contribution in [0.1, 0.15) is 30.8 Å².